The number of pyridine rings is 2. The van der Waals surface area contributed by atoms with Crippen LogP contribution in [0.2, 0.25) is 0 Å². The SMILES string of the molecule is Cc1nc(/C(N)=C(\NC(=O)OC(C)c2cc(F)cnc2F)N(C)N)ccc1NC(=O)C1(CN)CC(F)(F)C1. The molecule has 8 N–H and O–H groups in total. The summed E-state index contributed by atoms with van der Waals surface area (Å²) in [5, 5.41) is 5.88. The molecular formula is C23H28F4N8O3. The maximum atomic E-state index is 13.9. The fraction of sp³-hybridized carbons (Fsp3) is 0.391. The number of nitrogens with zero attached hydrogens (tertiary/aromatic N) is 3. The molecule has 0 saturated heterocycles. The Morgan fingerprint density at radius 3 is 2.47 bits per heavy atom. The van der Waals surface area contributed by atoms with Gasteiger partial charge in [0.05, 0.1) is 34.3 Å². The summed E-state index contributed by atoms with van der Waals surface area (Å²) < 4.78 is 59.2. The molecular weight excluding hydrogens is 512 g/mol. The molecule has 11 nitrogen and oxygen atoms in total. The number of nitrogens with one attached hydrogen (secondary N) is 2. The van der Waals surface area contributed by atoms with Gasteiger partial charge in [-0.15, -0.1) is 0 Å². The number of hydrogen-bond acceptors (Lipinski definition) is 9. The van der Waals surface area contributed by atoms with E-state index in [2.05, 4.69) is 20.6 Å². The van der Waals surface area contributed by atoms with Crippen LogP contribution in [0.25, 0.3) is 5.70 Å². The van der Waals surface area contributed by atoms with Gasteiger partial charge in [-0.1, -0.05) is 0 Å². The zero-order valence-electron chi connectivity index (χ0n) is 20.8. The molecule has 2 aromatic rings. The summed E-state index contributed by atoms with van der Waals surface area (Å²) in [4.78, 5) is 32.6. The first-order valence-corrected chi connectivity index (χ1v) is 11.3. The Balaban J connectivity index is 1.76. The predicted molar refractivity (Wildman–Crippen MR) is 129 cm³/mol. The zero-order chi connectivity index (χ0) is 28.4. The van der Waals surface area contributed by atoms with Gasteiger partial charge in [-0.25, -0.2) is 33.8 Å². The molecule has 3 rings (SSSR count). The molecule has 0 spiro atoms. The molecule has 1 fully saturated rings. The molecule has 1 aliphatic rings. The molecule has 38 heavy (non-hydrogen) atoms. The second kappa shape index (κ2) is 10.8. The minimum atomic E-state index is -2.94. The average Bonchev–Trinajstić information content (AvgIpc) is 2.82. The van der Waals surface area contributed by atoms with E-state index < -0.39 is 54.0 Å². The molecule has 0 radical (unpaired) electrons. The second-order valence-corrected chi connectivity index (χ2v) is 9.06. The first-order chi connectivity index (χ1) is 17.7. The highest BCUT2D eigenvalue weighted by Gasteiger charge is 2.60. The van der Waals surface area contributed by atoms with Crippen molar-refractivity contribution in [2.75, 3.05) is 18.9 Å². The van der Waals surface area contributed by atoms with E-state index in [0.717, 1.165) is 11.1 Å². The van der Waals surface area contributed by atoms with Gasteiger partial charge in [0.1, 0.15) is 17.6 Å². The minimum Gasteiger partial charge on any atom is -0.441 e. The van der Waals surface area contributed by atoms with Crippen molar-refractivity contribution >= 4 is 23.4 Å². The third kappa shape index (κ3) is 6.11. The van der Waals surface area contributed by atoms with Crippen LogP contribution >= 0.6 is 0 Å². The Bertz CT molecular complexity index is 1260. The van der Waals surface area contributed by atoms with Crippen LogP contribution in [0.5, 0.6) is 0 Å². The lowest BCUT2D eigenvalue weighted by atomic mass is 9.65. The van der Waals surface area contributed by atoms with Crippen LogP contribution in [0, 0.1) is 24.1 Å². The molecule has 2 heterocycles. The average molecular weight is 541 g/mol. The number of aromatic nitrogens is 2. The van der Waals surface area contributed by atoms with E-state index in [-0.39, 0.29) is 35.0 Å². The standard InChI is InChI=1S/C23H28F4N8O3/c1-11-15(33-20(36)22(10-28)8-23(26,27)9-22)4-5-16(32-11)17(29)19(35(3)30)34-21(37)38-12(2)14-6-13(24)7-31-18(14)25/h4-7,12H,8-10,28-30H2,1-3H3,(H,33,36)(H,34,37)/b19-17-. The Hall–Kier alpha value is -3.98. The molecule has 0 bridgehead atoms. The number of carbonyl (C=O) groups is 2. The topological polar surface area (TPSA) is 175 Å². The van der Waals surface area contributed by atoms with Crippen molar-refractivity contribution in [2.45, 2.75) is 38.7 Å². The maximum Gasteiger partial charge on any atom is 0.413 e. The van der Waals surface area contributed by atoms with Gasteiger partial charge in [0.15, 0.2) is 5.82 Å². The number of amides is 2. The first kappa shape index (κ1) is 28.6. The van der Waals surface area contributed by atoms with Crippen molar-refractivity contribution in [1.82, 2.24) is 20.3 Å². The number of rotatable bonds is 8. The highest BCUT2D eigenvalue weighted by atomic mass is 19.3. The fourth-order valence-corrected chi connectivity index (χ4v) is 3.97. The van der Waals surface area contributed by atoms with E-state index in [1.165, 1.54) is 26.1 Å². The molecule has 15 heteroatoms. The van der Waals surface area contributed by atoms with Gasteiger partial charge in [-0.2, -0.15) is 4.39 Å². The first-order valence-electron chi connectivity index (χ1n) is 11.3. The van der Waals surface area contributed by atoms with Gasteiger partial charge in [0.2, 0.25) is 17.8 Å². The Morgan fingerprint density at radius 1 is 1.26 bits per heavy atom. The molecule has 1 saturated carbocycles. The molecule has 0 aromatic carbocycles. The lowest BCUT2D eigenvalue weighted by Gasteiger charge is -2.45. The van der Waals surface area contributed by atoms with Crippen LogP contribution in [0.1, 0.15) is 42.8 Å². The second-order valence-electron chi connectivity index (χ2n) is 9.06. The van der Waals surface area contributed by atoms with E-state index in [1.54, 1.807) is 6.92 Å². The largest absolute Gasteiger partial charge is 0.441 e. The van der Waals surface area contributed by atoms with Crippen LogP contribution in [0.4, 0.5) is 28.0 Å². The highest BCUT2D eigenvalue weighted by Crippen LogP contribution is 2.52. The van der Waals surface area contributed by atoms with Crippen molar-refractivity contribution in [3.8, 4) is 0 Å². The van der Waals surface area contributed by atoms with Gasteiger partial charge in [-0.3, -0.25) is 15.1 Å². The monoisotopic (exact) mass is 540 g/mol. The number of alkyl halides is 2. The van der Waals surface area contributed by atoms with Gasteiger partial charge in [0, 0.05) is 26.4 Å². The third-order valence-corrected chi connectivity index (χ3v) is 6.06. The molecule has 1 atom stereocenters. The Labute approximate surface area is 215 Å². The lowest BCUT2D eigenvalue weighted by molar-refractivity contribution is -0.172. The Morgan fingerprint density at radius 2 is 1.92 bits per heavy atom. The van der Waals surface area contributed by atoms with Crippen LogP contribution in [0.15, 0.2) is 30.2 Å². The molecule has 2 amide bonds. The number of hydrazine groups is 1. The van der Waals surface area contributed by atoms with E-state index in [1.807, 2.05) is 0 Å². The zero-order valence-corrected chi connectivity index (χ0v) is 20.8. The summed E-state index contributed by atoms with van der Waals surface area (Å²) in [7, 11) is 1.37. The van der Waals surface area contributed by atoms with E-state index >= 15 is 0 Å². The predicted octanol–water partition coefficient (Wildman–Crippen LogP) is 2.25. The third-order valence-electron chi connectivity index (χ3n) is 6.06. The smallest absolute Gasteiger partial charge is 0.413 e. The quantitative estimate of drug-likeness (QED) is 0.146. The summed E-state index contributed by atoms with van der Waals surface area (Å²) in [6.07, 6.45) is -2.89. The van der Waals surface area contributed by atoms with Crippen molar-refractivity contribution in [2.24, 2.45) is 22.7 Å². The number of carbonyl (C=O) groups excluding carboxylic acids is 2. The summed E-state index contributed by atoms with van der Waals surface area (Å²) in [6.45, 7) is 2.63. The van der Waals surface area contributed by atoms with E-state index in [9.17, 15) is 27.2 Å². The summed E-state index contributed by atoms with van der Waals surface area (Å²) in [5.74, 6) is 0.264. The van der Waals surface area contributed by atoms with Crippen molar-refractivity contribution in [3.63, 3.8) is 0 Å². The lowest BCUT2D eigenvalue weighted by Crippen LogP contribution is -2.57. The highest BCUT2D eigenvalue weighted by molar-refractivity contribution is 5.97. The van der Waals surface area contributed by atoms with Gasteiger partial charge in [0.25, 0.3) is 0 Å². The van der Waals surface area contributed by atoms with Crippen molar-refractivity contribution in [1.29, 1.82) is 0 Å². The normalized spacial score (nSPS) is 17.0. The van der Waals surface area contributed by atoms with Crippen LogP contribution in [0.3, 0.4) is 0 Å². The number of ether oxygens (including phenoxy) is 1. The molecule has 1 aliphatic carbocycles. The maximum absolute atomic E-state index is 13.9. The molecule has 1 unspecified atom stereocenters. The van der Waals surface area contributed by atoms with E-state index in [4.69, 9.17) is 22.0 Å². The number of hydrogen-bond donors (Lipinski definition) is 5. The van der Waals surface area contributed by atoms with Crippen molar-refractivity contribution < 1.29 is 31.9 Å². The summed E-state index contributed by atoms with van der Waals surface area (Å²) >= 11 is 0. The van der Waals surface area contributed by atoms with Gasteiger partial charge >= 0.3 is 6.09 Å². The summed E-state index contributed by atoms with van der Waals surface area (Å²) in [5.41, 5.74) is 10.7. The number of halogens is 4. The van der Waals surface area contributed by atoms with Gasteiger partial charge < -0.3 is 21.5 Å². The fourth-order valence-electron chi connectivity index (χ4n) is 3.97. The van der Waals surface area contributed by atoms with Crippen LogP contribution in [-0.2, 0) is 9.53 Å². The number of nitrogens with two attached hydrogens (primary N) is 3. The number of alkyl carbamates (subject to hydrolysis) is 1. The van der Waals surface area contributed by atoms with Crippen LogP contribution < -0.4 is 27.9 Å². The molecule has 2 aromatic heterocycles. The number of anilines is 1. The minimum absolute atomic E-state index is 0.101. The Kier molecular flexibility index (Phi) is 8.12. The van der Waals surface area contributed by atoms with Gasteiger partial charge in [-0.05, 0) is 32.0 Å². The van der Waals surface area contributed by atoms with Crippen molar-refractivity contribution in [3.05, 3.63) is 58.9 Å². The number of aryl methyl sites for hydroxylation is 1. The molecule has 206 valence electrons. The summed E-state index contributed by atoms with van der Waals surface area (Å²) in [6, 6.07) is 3.71. The molecule has 0 aliphatic heterocycles. The van der Waals surface area contributed by atoms with Crippen LogP contribution in [-0.4, -0.2) is 46.5 Å². The van der Waals surface area contributed by atoms with E-state index in [0.29, 0.717) is 11.9 Å².